The molecule has 3 nitrogen and oxygen atoms in total. The summed E-state index contributed by atoms with van der Waals surface area (Å²) in [6, 6.07) is 27.3. The Morgan fingerprint density at radius 2 is 1.52 bits per heavy atom. The third-order valence-corrected chi connectivity index (χ3v) is 4.84. The van der Waals surface area contributed by atoms with Gasteiger partial charge in [-0.1, -0.05) is 72.8 Å². The number of hydrogen-bond acceptors (Lipinski definition) is 3. The average Bonchev–Trinajstić information content (AvgIpc) is 2.72. The van der Waals surface area contributed by atoms with Gasteiger partial charge in [0.15, 0.2) is 6.04 Å². The number of hydrogen-bond donors (Lipinski definition) is 0. The molecule has 1 atom stereocenters. The zero-order valence-electron chi connectivity index (χ0n) is 15.0. The molecule has 0 aliphatic rings. The fourth-order valence-electron chi connectivity index (χ4n) is 2.87. The van der Waals surface area contributed by atoms with Crippen LogP contribution in [0.25, 0.3) is 0 Å². The maximum absolute atomic E-state index is 12.5. The highest BCUT2D eigenvalue weighted by molar-refractivity contribution is 14.1. The lowest BCUT2D eigenvalue weighted by molar-refractivity contribution is -0.142. The van der Waals surface area contributed by atoms with Crippen LogP contribution in [0.3, 0.4) is 0 Å². The lowest BCUT2D eigenvalue weighted by Gasteiger charge is -2.15. The van der Waals surface area contributed by atoms with Crippen LogP contribution in [0.4, 0.5) is 0 Å². The Labute approximate surface area is 173 Å². The maximum atomic E-state index is 12.5. The second kappa shape index (κ2) is 9.46. The van der Waals surface area contributed by atoms with Gasteiger partial charge in [-0.2, -0.15) is 0 Å². The summed E-state index contributed by atoms with van der Waals surface area (Å²) in [7, 11) is 1.41. The van der Waals surface area contributed by atoms with Gasteiger partial charge < -0.3 is 4.74 Å². The number of ether oxygens (including phenoxy) is 1. The van der Waals surface area contributed by atoms with Gasteiger partial charge in [-0.25, -0.2) is 4.79 Å². The van der Waals surface area contributed by atoms with Crippen molar-refractivity contribution < 1.29 is 9.53 Å². The lowest BCUT2D eigenvalue weighted by atomic mass is 10.0. The van der Waals surface area contributed by atoms with Crippen LogP contribution >= 0.6 is 22.6 Å². The molecule has 136 valence electrons. The smallest absolute Gasteiger partial charge is 0.330 e. The van der Waals surface area contributed by atoms with E-state index < -0.39 is 6.04 Å². The predicted molar refractivity (Wildman–Crippen MR) is 117 cm³/mol. The second-order valence-corrected chi connectivity index (χ2v) is 7.33. The molecule has 27 heavy (non-hydrogen) atoms. The third-order valence-electron chi connectivity index (χ3n) is 4.17. The van der Waals surface area contributed by atoms with Crippen LogP contribution in [0, 0.1) is 3.57 Å². The molecule has 0 spiro atoms. The van der Waals surface area contributed by atoms with Gasteiger partial charge >= 0.3 is 5.97 Å². The van der Waals surface area contributed by atoms with Crippen molar-refractivity contribution in [2.45, 2.75) is 12.5 Å². The Bertz CT molecular complexity index is 882. The summed E-state index contributed by atoms with van der Waals surface area (Å²) in [4.78, 5) is 17.3. The van der Waals surface area contributed by atoms with Gasteiger partial charge in [0.1, 0.15) is 0 Å². The van der Waals surface area contributed by atoms with Crippen molar-refractivity contribution in [3.8, 4) is 0 Å². The quantitative estimate of drug-likeness (QED) is 0.292. The van der Waals surface area contributed by atoms with Crippen LogP contribution in [0.1, 0.15) is 16.7 Å². The van der Waals surface area contributed by atoms with Crippen LogP contribution in [0.15, 0.2) is 89.9 Å². The number of nitrogens with zero attached hydrogens (tertiary/aromatic N) is 1. The van der Waals surface area contributed by atoms with E-state index in [2.05, 4.69) is 28.7 Å². The summed E-state index contributed by atoms with van der Waals surface area (Å²) < 4.78 is 6.17. The summed E-state index contributed by atoms with van der Waals surface area (Å²) in [5, 5.41) is 0. The van der Waals surface area contributed by atoms with E-state index in [0.717, 1.165) is 26.0 Å². The maximum Gasteiger partial charge on any atom is 0.330 e. The van der Waals surface area contributed by atoms with Crippen molar-refractivity contribution in [1.29, 1.82) is 0 Å². The topological polar surface area (TPSA) is 38.7 Å². The molecule has 0 aromatic heterocycles. The first-order valence-electron chi connectivity index (χ1n) is 8.68. The van der Waals surface area contributed by atoms with Crippen LogP contribution in [-0.2, 0) is 16.0 Å². The SMILES string of the molecule is COC(=O)[C@H](Cc1cccc(I)c1)N=C(c1ccccc1)c1ccccc1. The molecule has 3 aromatic rings. The number of methoxy groups -OCH3 is 1. The molecule has 4 heteroatoms. The molecule has 3 aromatic carbocycles. The minimum Gasteiger partial charge on any atom is -0.467 e. The normalized spacial score (nSPS) is 11.5. The number of rotatable bonds is 6. The van der Waals surface area contributed by atoms with Crippen molar-refractivity contribution in [2.75, 3.05) is 7.11 Å². The van der Waals surface area contributed by atoms with E-state index >= 15 is 0 Å². The number of halogens is 1. The van der Waals surface area contributed by atoms with E-state index in [0.29, 0.717) is 6.42 Å². The Balaban J connectivity index is 2.04. The molecule has 0 heterocycles. The minimum absolute atomic E-state index is 0.335. The molecule has 0 amide bonds. The molecular weight excluding hydrogens is 449 g/mol. The first kappa shape index (κ1) is 19.3. The first-order valence-corrected chi connectivity index (χ1v) is 9.76. The number of esters is 1. The van der Waals surface area contributed by atoms with Gasteiger partial charge in [0.2, 0.25) is 0 Å². The standard InChI is InChI=1S/C23H20INO2/c1-27-23(26)21(16-17-9-8-14-20(24)15-17)25-22(18-10-4-2-5-11-18)19-12-6-3-7-13-19/h2-15,21H,16H2,1H3/t21-/m0/s1. The Morgan fingerprint density at radius 3 is 2.04 bits per heavy atom. The average molecular weight is 469 g/mol. The molecule has 0 radical (unpaired) electrons. The minimum atomic E-state index is -0.608. The molecule has 3 rings (SSSR count). The third kappa shape index (κ3) is 5.26. The number of carbonyl (C=O) groups excluding carboxylic acids is 1. The summed E-state index contributed by atoms with van der Waals surface area (Å²) in [5.41, 5.74) is 3.79. The molecule has 0 aliphatic carbocycles. The van der Waals surface area contributed by atoms with Gasteiger partial charge in [-0.05, 0) is 40.3 Å². The molecule has 0 aliphatic heterocycles. The fraction of sp³-hybridized carbons (Fsp3) is 0.130. The van der Waals surface area contributed by atoms with E-state index in [9.17, 15) is 4.79 Å². The van der Waals surface area contributed by atoms with Gasteiger partial charge in [-0.3, -0.25) is 4.99 Å². The van der Waals surface area contributed by atoms with E-state index in [-0.39, 0.29) is 5.97 Å². The van der Waals surface area contributed by atoms with Crippen LogP contribution < -0.4 is 0 Å². The van der Waals surface area contributed by atoms with Gasteiger partial charge in [0, 0.05) is 21.1 Å². The fourth-order valence-corrected chi connectivity index (χ4v) is 3.48. The molecule has 0 saturated carbocycles. The number of benzene rings is 3. The summed E-state index contributed by atoms with van der Waals surface area (Å²) in [5.74, 6) is -0.335. The molecule has 0 saturated heterocycles. The van der Waals surface area contributed by atoms with Crippen molar-refractivity contribution in [2.24, 2.45) is 4.99 Å². The van der Waals surface area contributed by atoms with Crippen LogP contribution in [0.2, 0.25) is 0 Å². The van der Waals surface area contributed by atoms with Crippen molar-refractivity contribution >= 4 is 34.3 Å². The summed E-state index contributed by atoms with van der Waals surface area (Å²) in [6.45, 7) is 0. The van der Waals surface area contributed by atoms with E-state index in [4.69, 9.17) is 9.73 Å². The van der Waals surface area contributed by atoms with Gasteiger partial charge in [0.25, 0.3) is 0 Å². The first-order chi connectivity index (χ1) is 13.2. The molecular formula is C23H20INO2. The molecule has 0 bridgehead atoms. The predicted octanol–water partition coefficient (Wildman–Crippen LogP) is 4.91. The van der Waals surface area contributed by atoms with Gasteiger partial charge in [0.05, 0.1) is 12.8 Å². The Hall–Kier alpha value is -2.47. The van der Waals surface area contributed by atoms with E-state index in [1.807, 2.05) is 78.9 Å². The monoisotopic (exact) mass is 469 g/mol. The lowest BCUT2D eigenvalue weighted by Crippen LogP contribution is -2.25. The molecule has 0 unspecified atom stereocenters. The summed E-state index contributed by atoms with van der Waals surface area (Å²) in [6.07, 6.45) is 0.493. The summed E-state index contributed by atoms with van der Waals surface area (Å²) >= 11 is 2.27. The van der Waals surface area contributed by atoms with Crippen molar-refractivity contribution in [3.05, 3.63) is 105 Å². The van der Waals surface area contributed by atoms with Crippen molar-refractivity contribution in [3.63, 3.8) is 0 Å². The molecule has 0 fully saturated rings. The number of carbonyl (C=O) groups is 1. The van der Waals surface area contributed by atoms with Crippen molar-refractivity contribution in [1.82, 2.24) is 0 Å². The zero-order chi connectivity index (χ0) is 19.1. The highest BCUT2D eigenvalue weighted by Gasteiger charge is 2.21. The zero-order valence-corrected chi connectivity index (χ0v) is 17.2. The van der Waals surface area contributed by atoms with Gasteiger partial charge in [-0.15, -0.1) is 0 Å². The van der Waals surface area contributed by atoms with E-state index in [1.54, 1.807) is 0 Å². The van der Waals surface area contributed by atoms with E-state index in [1.165, 1.54) is 7.11 Å². The second-order valence-electron chi connectivity index (χ2n) is 6.08. The van der Waals surface area contributed by atoms with Crippen LogP contribution in [-0.4, -0.2) is 24.8 Å². The largest absolute Gasteiger partial charge is 0.467 e. The Kier molecular flexibility index (Phi) is 6.76. The number of aliphatic imine (C=N–C) groups is 1. The Morgan fingerprint density at radius 1 is 0.926 bits per heavy atom. The van der Waals surface area contributed by atoms with Crippen LogP contribution in [0.5, 0.6) is 0 Å². The highest BCUT2D eigenvalue weighted by Crippen LogP contribution is 2.16. The molecule has 0 N–H and O–H groups in total. The highest BCUT2D eigenvalue weighted by atomic mass is 127.